The van der Waals surface area contributed by atoms with Gasteiger partial charge in [0.1, 0.15) is 5.75 Å². The average molecular weight is 361 g/mol. The van der Waals surface area contributed by atoms with E-state index in [-0.39, 0.29) is 6.61 Å². The lowest BCUT2D eigenvalue weighted by Crippen LogP contribution is -2.45. The second-order valence-corrected chi connectivity index (χ2v) is 6.45. The molecule has 4 N–H and O–H groups in total. The first-order chi connectivity index (χ1) is 12.6. The molecule has 1 amide bonds. The van der Waals surface area contributed by atoms with E-state index in [1.807, 2.05) is 24.3 Å². The Bertz CT molecular complexity index is 588. The van der Waals surface area contributed by atoms with E-state index in [1.165, 1.54) is 24.9 Å². The number of carbonyl (C=O) groups is 1. The van der Waals surface area contributed by atoms with Crippen molar-refractivity contribution in [3.63, 3.8) is 0 Å². The highest BCUT2D eigenvalue weighted by Crippen LogP contribution is 2.15. The molecule has 1 aliphatic heterocycles. The molecule has 0 spiro atoms. The number of primary amides is 1. The van der Waals surface area contributed by atoms with Gasteiger partial charge in [-0.05, 0) is 50.0 Å². The summed E-state index contributed by atoms with van der Waals surface area (Å²) in [5, 5.41) is 6.79. The molecule has 0 aliphatic carbocycles. The number of benzene rings is 1. The monoisotopic (exact) mass is 361 g/mol. The topological polar surface area (TPSA) is 92.0 Å². The number of likely N-dealkylation sites (tertiary alicyclic amines) is 1. The van der Waals surface area contributed by atoms with E-state index >= 15 is 0 Å². The van der Waals surface area contributed by atoms with Crippen LogP contribution in [0.3, 0.4) is 0 Å². The first-order valence-corrected chi connectivity index (χ1v) is 9.31. The summed E-state index contributed by atoms with van der Waals surface area (Å²) in [6.45, 7) is 6.16. The first-order valence-electron chi connectivity index (χ1n) is 9.31. The molecule has 1 aromatic carbocycles. The molecule has 0 bridgehead atoms. The Kier molecular flexibility index (Phi) is 8.21. The summed E-state index contributed by atoms with van der Waals surface area (Å²) >= 11 is 0. The number of nitrogens with one attached hydrogen (secondary N) is 2. The summed E-state index contributed by atoms with van der Waals surface area (Å²) in [5.74, 6) is 1.02. The maximum Gasteiger partial charge on any atom is 0.255 e. The van der Waals surface area contributed by atoms with Crippen molar-refractivity contribution in [3.8, 4) is 5.75 Å². The number of amides is 1. The summed E-state index contributed by atoms with van der Waals surface area (Å²) in [4.78, 5) is 17.5. The highest BCUT2D eigenvalue weighted by Gasteiger charge is 2.22. The van der Waals surface area contributed by atoms with Crippen LogP contribution in [0.4, 0.5) is 0 Å². The Morgan fingerprint density at radius 1 is 1.35 bits per heavy atom. The molecule has 0 aromatic heterocycles. The lowest BCUT2D eigenvalue weighted by Gasteiger charge is -2.24. The van der Waals surface area contributed by atoms with Gasteiger partial charge >= 0.3 is 0 Å². The van der Waals surface area contributed by atoms with Crippen LogP contribution in [0.5, 0.6) is 5.75 Å². The summed E-state index contributed by atoms with van der Waals surface area (Å²) < 4.78 is 5.26. The predicted octanol–water partition coefficient (Wildman–Crippen LogP) is 0.743. The van der Waals surface area contributed by atoms with Gasteiger partial charge in [-0.25, -0.2) is 0 Å². The van der Waals surface area contributed by atoms with Crippen molar-refractivity contribution >= 4 is 11.9 Å². The van der Waals surface area contributed by atoms with E-state index in [1.54, 1.807) is 7.05 Å². The third kappa shape index (κ3) is 6.55. The number of nitrogens with two attached hydrogens (primary N) is 1. The number of likely N-dealkylation sites (N-methyl/N-ethyl adjacent to an activating group) is 1. The van der Waals surface area contributed by atoms with Crippen LogP contribution in [0.15, 0.2) is 29.3 Å². The molecule has 1 unspecified atom stereocenters. The van der Waals surface area contributed by atoms with Crippen molar-refractivity contribution in [2.24, 2.45) is 10.7 Å². The van der Waals surface area contributed by atoms with Gasteiger partial charge in [-0.3, -0.25) is 14.7 Å². The molecule has 1 fully saturated rings. The van der Waals surface area contributed by atoms with Gasteiger partial charge in [0.2, 0.25) is 0 Å². The van der Waals surface area contributed by atoms with Crippen molar-refractivity contribution in [2.45, 2.75) is 32.2 Å². The Morgan fingerprint density at radius 3 is 2.77 bits per heavy atom. The third-order valence-electron chi connectivity index (χ3n) is 4.64. The van der Waals surface area contributed by atoms with Crippen LogP contribution in [-0.4, -0.2) is 62.6 Å². The van der Waals surface area contributed by atoms with Crippen LogP contribution in [0, 0.1) is 0 Å². The van der Waals surface area contributed by atoms with Crippen molar-refractivity contribution in [1.29, 1.82) is 0 Å². The van der Waals surface area contributed by atoms with Crippen LogP contribution < -0.4 is 21.1 Å². The van der Waals surface area contributed by atoms with Crippen molar-refractivity contribution in [1.82, 2.24) is 15.5 Å². The number of hydrogen-bond donors (Lipinski definition) is 3. The molecule has 1 aliphatic rings. The van der Waals surface area contributed by atoms with Crippen molar-refractivity contribution < 1.29 is 9.53 Å². The van der Waals surface area contributed by atoms with E-state index in [0.717, 1.165) is 32.0 Å². The van der Waals surface area contributed by atoms with Crippen LogP contribution >= 0.6 is 0 Å². The Labute approximate surface area is 156 Å². The molecule has 7 heteroatoms. The maximum absolute atomic E-state index is 10.7. The second-order valence-electron chi connectivity index (χ2n) is 6.45. The molecule has 2 rings (SSSR count). The van der Waals surface area contributed by atoms with Gasteiger partial charge in [-0.2, -0.15) is 0 Å². The normalized spacial score (nSPS) is 17.9. The zero-order valence-corrected chi connectivity index (χ0v) is 15.8. The number of hydrogen-bond acceptors (Lipinski definition) is 4. The number of rotatable bonds is 9. The zero-order valence-electron chi connectivity index (χ0n) is 15.8. The molecule has 1 aromatic rings. The average Bonchev–Trinajstić information content (AvgIpc) is 3.11. The van der Waals surface area contributed by atoms with E-state index in [2.05, 4.69) is 27.4 Å². The lowest BCUT2D eigenvalue weighted by molar-refractivity contribution is -0.119. The smallest absolute Gasteiger partial charge is 0.255 e. The molecule has 7 nitrogen and oxygen atoms in total. The summed E-state index contributed by atoms with van der Waals surface area (Å²) in [6, 6.07) is 8.29. The number of ether oxygens (including phenoxy) is 1. The number of guanidine groups is 1. The third-order valence-corrected chi connectivity index (χ3v) is 4.64. The molecule has 1 atom stereocenters. The Morgan fingerprint density at radius 2 is 2.12 bits per heavy atom. The number of carbonyl (C=O) groups excluding carboxylic acids is 1. The van der Waals surface area contributed by atoms with Gasteiger partial charge in [0.25, 0.3) is 5.91 Å². The molecule has 26 heavy (non-hydrogen) atoms. The Hall–Kier alpha value is -2.28. The molecule has 1 saturated heterocycles. The van der Waals surface area contributed by atoms with Crippen LogP contribution in [-0.2, 0) is 11.2 Å². The highest BCUT2D eigenvalue weighted by molar-refractivity contribution is 5.79. The second kappa shape index (κ2) is 10.7. The molecule has 144 valence electrons. The first kappa shape index (κ1) is 20.0. The lowest BCUT2D eigenvalue weighted by atomic mass is 10.1. The largest absolute Gasteiger partial charge is 0.484 e. The number of aliphatic imine (C=N–C) groups is 1. The number of nitrogens with zero attached hydrogens (tertiary/aromatic N) is 2. The SMILES string of the molecule is CCN1CCCC1CNC(=NC)NCCc1ccc(OCC(N)=O)cc1. The van der Waals surface area contributed by atoms with Gasteiger partial charge in [0.05, 0.1) is 0 Å². The minimum Gasteiger partial charge on any atom is -0.484 e. The molecular weight excluding hydrogens is 330 g/mol. The minimum atomic E-state index is -0.475. The maximum atomic E-state index is 10.7. The predicted molar refractivity (Wildman–Crippen MR) is 104 cm³/mol. The standard InChI is InChI=1S/C19H31N5O2/c1-3-24-12-4-5-16(24)13-23-19(21-2)22-11-10-15-6-8-17(9-7-15)26-14-18(20)25/h6-9,16H,3-5,10-14H2,1-2H3,(H2,20,25)(H2,21,22,23). The fraction of sp³-hybridized carbons (Fsp3) is 0.579. The molecule has 0 saturated carbocycles. The quantitative estimate of drug-likeness (QED) is 0.446. The fourth-order valence-electron chi connectivity index (χ4n) is 3.21. The van der Waals surface area contributed by atoms with Gasteiger partial charge in [-0.15, -0.1) is 0 Å². The van der Waals surface area contributed by atoms with Gasteiger partial charge in [0, 0.05) is 26.2 Å². The highest BCUT2D eigenvalue weighted by atomic mass is 16.5. The van der Waals surface area contributed by atoms with E-state index in [4.69, 9.17) is 10.5 Å². The summed E-state index contributed by atoms with van der Waals surface area (Å²) in [5.41, 5.74) is 6.25. The molecular formula is C19H31N5O2. The van der Waals surface area contributed by atoms with Gasteiger partial charge in [-0.1, -0.05) is 19.1 Å². The Balaban J connectivity index is 1.69. The van der Waals surface area contributed by atoms with E-state index in [9.17, 15) is 4.79 Å². The van der Waals surface area contributed by atoms with Crippen LogP contribution in [0.2, 0.25) is 0 Å². The van der Waals surface area contributed by atoms with Gasteiger partial charge in [0.15, 0.2) is 12.6 Å². The van der Waals surface area contributed by atoms with Crippen molar-refractivity contribution in [3.05, 3.63) is 29.8 Å². The summed E-state index contributed by atoms with van der Waals surface area (Å²) in [7, 11) is 1.80. The fourth-order valence-corrected chi connectivity index (χ4v) is 3.21. The zero-order chi connectivity index (χ0) is 18.8. The van der Waals surface area contributed by atoms with Crippen molar-refractivity contribution in [2.75, 3.05) is 39.8 Å². The van der Waals surface area contributed by atoms with E-state index in [0.29, 0.717) is 11.8 Å². The van der Waals surface area contributed by atoms with Gasteiger partial charge < -0.3 is 21.1 Å². The molecule has 0 radical (unpaired) electrons. The summed E-state index contributed by atoms with van der Waals surface area (Å²) in [6.07, 6.45) is 3.41. The van der Waals surface area contributed by atoms with Crippen LogP contribution in [0.1, 0.15) is 25.3 Å². The minimum absolute atomic E-state index is 0.0979. The van der Waals surface area contributed by atoms with Crippen LogP contribution in [0.25, 0.3) is 0 Å². The molecule has 1 heterocycles. The van der Waals surface area contributed by atoms with E-state index < -0.39 is 5.91 Å².